The van der Waals surface area contributed by atoms with Gasteiger partial charge in [0, 0.05) is 0 Å². The Labute approximate surface area is 121 Å². The monoisotopic (exact) mass is 330 g/mol. The number of rotatable bonds is 3. The molecule has 3 N–H and O–H groups in total. The van der Waals surface area contributed by atoms with Gasteiger partial charge in [-0.15, -0.1) is 0 Å². The van der Waals surface area contributed by atoms with Crippen LogP contribution >= 0.6 is 15.9 Å². The van der Waals surface area contributed by atoms with E-state index in [9.17, 15) is 9.18 Å². The molecule has 1 aliphatic heterocycles. The Morgan fingerprint density at radius 3 is 2.37 bits per heavy atom. The molecule has 1 aromatic carbocycles. The van der Waals surface area contributed by atoms with E-state index in [2.05, 4.69) is 21.2 Å². The lowest BCUT2D eigenvalue weighted by molar-refractivity contribution is 0.0996. The minimum absolute atomic E-state index is 0.0148. The summed E-state index contributed by atoms with van der Waals surface area (Å²) in [6, 6.07) is 3.22. The molecule has 1 aromatic rings. The normalized spacial score (nSPS) is 17.2. The largest absolute Gasteiger partial charge is 0.366 e. The summed E-state index contributed by atoms with van der Waals surface area (Å²) in [6.45, 7) is 5.01. The van der Waals surface area contributed by atoms with E-state index in [4.69, 9.17) is 5.73 Å². The van der Waals surface area contributed by atoms with Gasteiger partial charge in [0.1, 0.15) is 5.82 Å². The number of carbonyl (C=O) groups is 1. The van der Waals surface area contributed by atoms with E-state index >= 15 is 0 Å². The van der Waals surface area contributed by atoms with E-state index in [0.717, 1.165) is 12.0 Å². The van der Waals surface area contributed by atoms with Gasteiger partial charge >= 0.3 is 0 Å². The molecule has 0 aromatic heterocycles. The Hall–Kier alpha value is -0.940. The second-order valence-corrected chi connectivity index (χ2v) is 5.45. The first-order valence-electron chi connectivity index (χ1n) is 6.48. The van der Waals surface area contributed by atoms with Crippen molar-refractivity contribution in [3.05, 3.63) is 34.6 Å². The van der Waals surface area contributed by atoms with Crippen LogP contribution in [0.3, 0.4) is 0 Å². The zero-order valence-electron chi connectivity index (χ0n) is 11.3. The summed E-state index contributed by atoms with van der Waals surface area (Å²) in [7, 11) is 0. The Kier molecular flexibility index (Phi) is 6.45. The van der Waals surface area contributed by atoms with Crippen LogP contribution in [0.25, 0.3) is 0 Å². The third-order valence-electron chi connectivity index (χ3n) is 3.10. The predicted molar refractivity (Wildman–Crippen MR) is 79.0 cm³/mol. The van der Waals surface area contributed by atoms with Crippen molar-refractivity contribution in [1.82, 2.24) is 5.32 Å². The van der Waals surface area contributed by atoms with Gasteiger partial charge in [-0.3, -0.25) is 4.79 Å². The van der Waals surface area contributed by atoms with Crippen LogP contribution in [0.2, 0.25) is 0 Å². The number of hydrogen-bond donors (Lipinski definition) is 2. The highest BCUT2D eigenvalue weighted by atomic mass is 79.9. The number of halogens is 2. The van der Waals surface area contributed by atoms with Crippen molar-refractivity contribution in [2.45, 2.75) is 38.1 Å². The van der Waals surface area contributed by atoms with Crippen molar-refractivity contribution in [2.75, 3.05) is 6.54 Å². The Morgan fingerprint density at radius 1 is 1.47 bits per heavy atom. The topological polar surface area (TPSA) is 55.1 Å². The number of benzene rings is 1. The predicted octanol–water partition coefficient (Wildman–Crippen LogP) is 2.75. The lowest BCUT2D eigenvalue weighted by Crippen LogP contribution is -2.37. The van der Waals surface area contributed by atoms with Crippen molar-refractivity contribution in [2.24, 2.45) is 5.73 Å². The van der Waals surface area contributed by atoms with Crippen LogP contribution in [0.5, 0.6) is 0 Å². The van der Waals surface area contributed by atoms with E-state index in [1.807, 2.05) is 13.8 Å². The molecular formula is C14H20BrFN2O. The number of alkyl halides is 1. The van der Waals surface area contributed by atoms with Crippen molar-refractivity contribution in [3.8, 4) is 0 Å². The fourth-order valence-electron chi connectivity index (χ4n) is 1.82. The number of nitrogens with two attached hydrogens (primary N) is 1. The zero-order valence-corrected chi connectivity index (χ0v) is 12.9. The molecule has 19 heavy (non-hydrogen) atoms. The van der Waals surface area contributed by atoms with Crippen LogP contribution < -0.4 is 11.1 Å². The number of amides is 1. The highest BCUT2D eigenvalue weighted by molar-refractivity contribution is 9.09. The van der Waals surface area contributed by atoms with Gasteiger partial charge in [-0.1, -0.05) is 35.8 Å². The smallest absolute Gasteiger partial charge is 0.251 e. The molecule has 106 valence electrons. The molecular weight excluding hydrogens is 311 g/mol. The summed E-state index contributed by atoms with van der Waals surface area (Å²) < 4.78 is 13.7. The second-order valence-electron chi connectivity index (χ2n) is 4.35. The molecule has 1 unspecified atom stereocenters. The minimum Gasteiger partial charge on any atom is -0.366 e. The fourth-order valence-corrected chi connectivity index (χ4v) is 2.28. The van der Waals surface area contributed by atoms with Crippen LogP contribution in [0.1, 0.15) is 41.8 Å². The Morgan fingerprint density at radius 2 is 2.05 bits per heavy atom. The third-order valence-corrected chi connectivity index (χ3v) is 3.89. The van der Waals surface area contributed by atoms with E-state index in [1.165, 1.54) is 19.0 Å². The second kappa shape index (κ2) is 7.60. The number of aryl methyl sites for hydroxylation is 1. The molecule has 1 atom stereocenters. The number of nitrogens with one attached hydrogen (secondary N) is 1. The first kappa shape index (κ1) is 16.1. The summed E-state index contributed by atoms with van der Waals surface area (Å²) in [5, 5.41) is 3.12. The van der Waals surface area contributed by atoms with Crippen LogP contribution in [0, 0.1) is 5.82 Å². The molecule has 2 rings (SSSR count). The highest BCUT2D eigenvalue weighted by Crippen LogP contribution is 2.18. The van der Waals surface area contributed by atoms with Gasteiger partial charge in [0.25, 0.3) is 5.91 Å². The molecule has 1 heterocycles. The van der Waals surface area contributed by atoms with Crippen molar-refractivity contribution >= 4 is 21.8 Å². The minimum atomic E-state index is -0.708. The van der Waals surface area contributed by atoms with Crippen LogP contribution in [-0.4, -0.2) is 17.4 Å². The molecule has 0 aliphatic carbocycles. The quantitative estimate of drug-likeness (QED) is 0.661. The summed E-state index contributed by atoms with van der Waals surface area (Å²) in [4.78, 5) is 11.5. The standard InChI is InChI=1S/C11H14FNO.C3H6BrN/c1-3-7-5-6-9(11(13)14)10(12)8(7)4-2;4-3-1-2-5-3/h5-6H,3-4H2,1-2H3,(H2,13,14);3,5H,1-2H2. The molecule has 5 heteroatoms. The molecule has 1 fully saturated rings. The molecule has 1 saturated heterocycles. The third kappa shape index (κ3) is 4.28. The van der Waals surface area contributed by atoms with Gasteiger partial charge in [-0.05, 0) is 43.0 Å². The summed E-state index contributed by atoms with van der Waals surface area (Å²) in [6.07, 6.45) is 2.63. The van der Waals surface area contributed by atoms with Gasteiger partial charge in [0.05, 0.1) is 10.5 Å². The van der Waals surface area contributed by atoms with E-state index < -0.39 is 11.7 Å². The molecule has 0 spiro atoms. The highest BCUT2D eigenvalue weighted by Gasteiger charge is 2.14. The van der Waals surface area contributed by atoms with E-state index in [-0.39, 0.29) is 5.56 Å². The number of carbonyl (C=O) groups excluding carboxylic acids is 1. The van der Waals surface area contributed by atoms with Crippen LogP contribution in [0.4, 0.5) is 4.39 Å². The van der Waals surface area contributed by atoms with E-state index in [0.29, 0.717) is 16.9 Å². The van der Waals surface area contributed by atoms with Gasteiger partial charge in [-0.25, -0.2) is 4.39 Å². The molecule has 3 nitrogen and oxygen atoms in total. The number of hydrogen-bond acceptors (Lipinski definition) is 2. The van der Waals surface area contributed by atoms with Crippen molar-refractivity contribution < 1.29 is 9.18 Å². The lowest BCUT2D eigenvalue weighted by atomic mass is 9.99. The molecule has 0 radical (unpaired) electrons. The Balaban J connectivity index is 0.000000300. The van der Waals surface area contributed by atoms with Gasteiger partial charge in [0.15, 0.2) is 0 Å². The summed E-state index contributed by atoms with van der Waals surface area (Å²) >= 11 is 3.35. The van der Waals surface area contributed by atoms with E-state index in [1.54, 1.807) is 6.07 Å². The average molecular weight is 331 g/mol. The maximum absolute atomic E-state index is 13.7. The average Bonchev–Trinajstić information content (AvgIpc) is 2.36. The molecule has 0 saturated carbocycles. The fraction of sp³-hybridized carbons (Fsp3) is 0.500. The Bertz CT molecular complexity index is 447. The number of primary amides is 1. The summed E-state index contributed by atoms with van der Waals surface area (Å²) in [5.74, 6) is -1.17. The maximum atomic E-state index is 13.7. The first-order valence-corrected chi connectivity index (χ1v) is 7.40. The molecule has 1 aliphatic rings. The van der Waals surface area contributed by atoms with Crippen molar-refractivity contribution in [1.29, 1.82) is 0 Å². The van der Waals surface area contributed by atoms with Crippen LogP contribution in [0.15, 0.2) is 12.1 Å². The molecule has 0 bridgehead atoms. The van der Waals surface area contributed by atoms with Gasteiger partial charge < -0.3 is 11.1 Å². The lowest BCUT2D eigenvalue weighted by Gasteiger charge is -2.20. The summed E-state index contributed by atoms with van der Waals surface area (Å²) in [5.41, 5.74) is 6.58. The van der Waals surface area contributed by atoms with Gasteiger partial charge in [-0.2, -0.15) is 0 Å². The zero-order chi connectivity index (χ0) is 14.4. The molecule has 1 amide bonds. The van der Waals surface area contributed by atoms with Crippen LogP contribution in [-0.2, 0) is 12.8 Å². The van der Waals surface area contributed by atoms with Crippen molar-refractivity contribution in [3.63, 3.8) is 0 Å². The maximum Gasteiger partial charge on any atom is 0.251 e. The SMILES string of the molecule is BrC1CCN1.CCc1ccc(C(N)=O)c(F)c1CC. The van der Waals surface area contributed by atoms with Gasteiger partial charge in [0.2, 0.25) is 0 Å². The first-order chi connectivity index (χ1) is 9.01.